The summed E-state index contributed by atoms with van der Waals surface area (Å²) in [5.74, 6) is 2.57. The molecular weight excluding hydrogens is 304 g/mol. The largest absolute Gasteiger partial charge is 0.497 e. The molecule has 0 bridgehead atoms. The normalized spacial score (nSPS) is 21.8. The molecule has 1 aliphatic carbocycles. The summed E-state index contributed by atoms with van der Waals surface area (Å²) in [5, 5.41) is 7.17. The molecule has 1 saturated heterocycles. The Hall–Kier alpha value is -2.37. The van der Waals surface area contributed by atoms with Gasteiger partial charge in [0.1, 0.15) is 11.6 Å². The van der Waals surface area contributed by atoms with Gasteiger partial charge in [-0.25, -0.2) is 4.98 Å². The lowest BCUT2D eigenvalue weighted by atomic mass is 9.94. The summed E-state index contributed by atoms with van der Waals surface area (Å²) >= 11 is 0. The molecule has 1 saturated carbocycles. The first kappa shape index (κ1) is 15.2. The van der Waals surface area contributed by atoms with Crippen molar-refractivity contribution in [1.29, 1.82) is 0 Å². The van der Waals surface area contributed by atoms with E-state index in [0.717, 1.165) is 55.2 Å². The van der Waals surface area contributed by atoms with Gasteiger partial charge in [-0.1, -0.05) is 12.1 Å². The van der Waals surface area contributed by atoms with Crippen LogP contribution in [-0.2, 0) is 10.2 Å². The Balaban J connectivity index is 1.60. The number of carbonyl (C=O) groups excluding carboxylic acids is 1. The molecule has 0 radical (unpaired) electrons. The van der Waals surface area contributed by atoms with Gasteiger partial charge in [-0.05, 0) is 50.3 Å². The third-order valence-electron chi connectivity index (χ3n) is 5.23. The van der Waals surface area contributed by atoms with E-state index >= 15 is 0 Å². The van der Waals surface area contributed by atoms with Crippen molar-refractivity contribution in [2.75, 3.05) is 13.7 Å². The Morgan fingerprint density at radius 3 is 2.67 bits per heavy atom. The zero-order valence-corrected chi connectivity index (χ0v) is 14.1. The number of ether oxygens (including phenoxy) is 1. The number of amides is 1. The molecule has 1 aromatic carbocycles. The average molecular weight is 326 g/mol. The molecule has 1 amide bonds. The summed E-state index contributed by atoms with van der Waals surface area (Å²) in [7, 11) is 1.65. The monoisotopic (exact) mass is 326 g/mol. The standard InChI is InChI=1S/C18H22N4O2/c1-12-19-16(21-20-12)15-4-3-11-22(15)17(23)18(9-10-18)13-5-7-14(24-2)8-6-13/h5-8,15H,3-4,9-11H2,1-2H3,(H,19,20,21)/t15-/m0/s1. The number of nitrogens with zero attached hydrogens (tertiary/aromatic N) is 3. The number of H-pyrrole nitrogens is 1. The van der Waals surface area contributed by atoms with Crippen molar-refractivity contribution >= 4 is 5.91 Å². The van der Waals surface area contributed by atoms with Crippen LogP contribution in [0, 0.1) is 6.92 Å². The van der Waals surface area contributed by atoms with E-state index in [4.69, 9.17) is 4.74 Å². The Bertz CT molecular complexity index is 749. The van der Waals surface area contributed by atoms with E-state index in [9.17, 15) is 4.79 Å². The van der Waals surface area contributed by atoms with Gasteiger partial charge in [0, 0.05) is 6.54 Å². The predicted molar refractivity (Wildman–Crippen MR) is 88.7 cm³/mol. The van der Waals surface area contributed by atoms with Gasteiger partial charge >= 0.3 is 0 Å². The van der Waals surface area contributed by atoms with E-state index in [1.165, 1.54) is 0 Å². The first-order valence-electron chi connectivity index (χ1n) is 8.48. The number of nitrogens with one attached hydrogen (secondary N) is 1. The molecule has 1 N–H and O–H groups in total. The highest BCUT2D eigenvalue weighted by atomic mass is 16.5. The number of aryl methyl sites for hydroxylation is 1. The zero-order chi connectivity index (χ0) is 16.7. The summed E-state index contributed by atoms with van der Waals surface area (Å²) in [6.07, 6.45) is 3.76. The molecular formula is C18H22N4O2. The summed E-state index contributed by atoms with van der Waals surface area (Å²) in [6.45, 7) is 2.67. The molecule has 126 valence electrons. The van der Waals surface area contributed by atoms with Crippen molar-refractivity contribution in [2.24, 2.45) is 0 Å². The molecule has 6 nitrogen and oxygen atoms in total. The maximum Gasteiger partial charge on any atom is 0.233 e. The van der Waals surface area contributed by atoms with E-state index in [1.807, 2.05) is 36.1 Å². The minimum Gasteiger partial charge on any atom is -0.497 e. The third kappa shape index (κ3) is 2.37. The van der Waals surface area contributed by atoms with Gasteiger partial charge in [-0.2, -0.15) is 5.10 Å². The fraction of sp³-hybridized carbons (Fsp3) is 0.500. The van der Waals surface area contributed by atoms with Crippen LogP contribution >= 0.6 is 0 Å². The molecule has 4 rings (SSSR count). The van der Waals surface area contributed by atoms with Gasteiger partial charge in [0.05, 0.1) is 18.6 Å². The summed E-state index contributed by atoms with van der Waals surface area (Å²) in [5.41, 5.74) is 0.727. The van der Waals surface area contributed by atoms with Crippen molar-refractivity contribution in [3.8, 4) is 5.75 Å². The van der Waals surface area contributed by atoms with Crippen LogP contribution in [0.3, 0.4) is 0 Å². The second-order valence-electron chi connectivity index (χ2n) is 6.75. The Morgan fingerprint density at radius 1 is 1.33 bits per heavy atom. The molecule has 2 aliphatic rings. The molecule has 2 fully saturated rings. The highest BCUT2D eigenvalue weighted by molar-refractivity contribution is 5.91. The highest BCUT2D eigenvalue weighted by Crippen LogP contribution is 2.51. The number of carbonyl (C=O) groups is 1. The van der Waals surface area contributed by atoms with Gasteiger partial charge in [0.2, 0.25) is 5.91 Å². The van der Waals surface area contributed by atoms with Crippen LogP contribution in [0.5, 0.6) is 5.75 Å². The molecule has 2 aromatic rings. The second-order valence-corrected chi connectivity index (χ2v) is 6.75. The van der Waals surface area contributed by atoms with Crippen LogP contribution in [0.2, 0.25) is 0 Å². The number of hydrogen-bond donors (Lipinski definition) is 1. The molecule has 0 spiro atoms. The van der Waals surface area contributed by atoms with Gasteiger partial charge in [0.25, 0.3) is 0 Å². The molecule has 2 heterocycles. The quantitative estimate of drug-likeness (QED) is 0.937. The van der Waals surface area contributed by atoms with Crippen LogP contribution in [0.4, 0.5) is 0 Å². The fourth-order valence-electron chi connectivity index (χ4n) is 3.72. The topological polar surface area (TPSA) is 71.1 Å². The highest BCUT2D eigenvalue weighted by Gasteiger charge is 2.54. The number of hydrogen-bond acceptors (Lipinski definition) is 4. The smallest absolute Gasteiger partial charge is 0.233 e. The predicted octanol–water partition coefficient (Wildman–Crippen LogP) is 2.52. The Morgan fingerprint density at radius 2 is 2.08 bits per heavy atom. The molecule has 6 heteroatoms. The fourth-order valence-corrected chi connectivity index (χ4v) is 3.72. The first-order chi connectivity index (χ1) is 11.6. The zero-order valence-electron chi connectivity index (χ0n) is 14.1. The summed E-state index contributed by atoms with van der Waals surface area (Å²) in [4.78, 5) is 19.7. The lowest BCUT2D eigenvalue weighted by Gasteiger charge is -2.28. The van der Waals surface area contributed by atoms with Crippen molar-refractivity contribution in [1.82, 2.24) is 20.1 Å². The lowest BCUT2D eigenvalue weighted by Crippen LogP contribution is -2.39. The van der Waals surface area contributed by atoms with Gasteiger partial charge < -0.3 is 9.64 Å². The molecule has 24 heavy (non-hydrogen) atoms. The number of aromatic amines is 1. The van der Waals surface area contributed by atoms with E-state index in [2.05, 4.69) is 15.2 Å². The molecule has 1 aromatic heterocycles. The van der Waals surface area contributed by atoms with Crippen LogP contribution in [0.25, 0.3) is 0 Å². The third-order valence-corrected chi connectivity index (χ3v) is 5.23. The van der Waals surface area contributed by atoms with Crippen molar-refractivity contribution in [2.45, 2.75) is 44.1 Å². The first-order valence-corrected chi connectivity index (χ1v) is 8.48. The van der Waals surface area contributed by atoms with E-state index in [1.54, 1.807) is 7.11 Å². The van der Waals surface area contributed by atoms with Crippen molar-refractivity contribution in [3.05, 3.63) is 41.5 Å². The summed E-state index contributed by atoms with van der Waals surface area (Å²) < 4.78 is 5.22. The van der Waals surface area contributed by atoms with Crippen LogP contribution in [0.15, 0.2) is 24.3 Å². The van der Waals surface area contributed by atoms with E-state index in [-0.39, 0.29) is 17.4 Å². The lowest BCUT2D eigenvalue weighted by molar-refractivity contribution is -0.135. The average Bonchev–Trinajstić information content (AvgIpc) is 3.07. The van der Waals surface area contributed by atoms with E-state index < -0.39 is 0 Å². The van der Waals surface area contributed by atoms with Crippen LogP contribution in [0.1, 0.15) is 48.9 Å². The number of aromatic nitrogens is 3. The SMILES string of the molecule is COc1ccc(C2(C(=O)N3CCC[C@H]3c3n[nH]c(C)n3)CC2)cc1. The number of methoxy groups -OCH3 is 1. The maximum atomic E-state index is 13.3. The molecule has 1 aliphatic heterocycles. The number of likely N-dealkylation sites (tertiary alicyclic amines) is 1. The van der Waals surface area contributed by atoms with Crippen LogP contribution < -0.4 is 4.74 Å². The second kappa shape index (κ2) is 5.61. The molecule has 1 atom stereocenters. The van der Waals surface area contributed by atoms with Crippen molar-refractivity contribution in [3.63, 3.8) is 0 Å². The Labute approximate surface area is 141 Å². The minimum atomic E-state index is -0.361. The van der Waals surface area contributed by atoms with Gasteiger partial charge in [0.15, 0.2) is 5.82 Å². The number of benzene rings is 1. The summed E-state index contributed by atoms with van der Waals surface area (Å²) in [6, 6.07) is 7.90. The maximum absolute atomic E-state index is 13.3. The van der Waals surface area contributed by atoms with Gasteiger partial charge in [-0.3, -0.25) is 9.89 Å². The Kier molecular flexibility index (Phi) is 3.55. The number of rotatable bonds is 4. The van der Waals surface area contributed by atoms with Crippen LogP contribution in [-0.4, -0.2) is 39.6 Å². The minimum absolute atomic E-state index is 0.00169. The van der Waals surface area contributed by atoms with Gasteiger partial charge in [-0.15, -0.1) is 0 Å². The molecule has 0 unspecified atom stereocenters. The van der Waals surface area contributed by atoms with E-state index in [0.29, 0.717) is 0 Å². The van der Waals surface area contributed by atoms with Crippen molar-refractivity contribution < 1.29 is 9.53 Å².